The highest BCUT2D eigenvalue weighted by Crippen LogP contribution is 2.47. The maximum Gasteiger partial charge on any atom is 0.306 e. The molecule has 7 heteroatoms. The number of carbonyl (C=O) groups excluding carboxylic acids is 2. The van der Waals surface area contributed by atoms with Crippen molar-refractivity contribution in [3.05, 3.63) is 0 Å². The SMILES string of the molecule is CC12CCC(=O)N1C(C(=O)NC1CCC(C(=O)O)C1)CS2. The lowest BCUT2D eigenvalue weighted by molar-refractivity contribution is -0.141. The van der Waals surface area contributed by atoms with Crippen LogP contribution < -0.4 is 5.32 Å². The highest BCUT2D eigenvalue weighted by Gasteiger charge is 2.53. The van der Waals surface area contributed by atoms with Gasteiger partial charge in [-0.25, -0.2) is 0 Å². The summed E-state index contributed by atoms with van der Waals surface area (Å²) in [5, 5.41) is 11.9. The molecule has 3 aliphatic rings. The fraction of sp³-hybridized carbons (Fsp3) is 0.786. The van der Waals surface area contributed by atoms with Crippen molar-refractivity contribution in [1.82, 2.24) is 10.2 Å². The van der Waals surface area contributed by atoms with Crippen LogP contribution in [-0.2, 0) is 14.4 Å². The van der Waals surface area contributed by atoms with Crippen molar-refractivity contribution in [2.75, 3.05) is 5.75 Å². The average molecular weight is 312 g/mol. The Bertz CT molecular complexity index is 497. The summed E-state index contributed by atoms with van der Waals surface area (Å²) in [4.78, 5) is 36.9. The molecule has 2 N–H and O–H groups in total. The van der Waals surface area contributed by atoms with Crippen LogP contribution in [0.1, 0.15) is 39.0 Å². The van der Waals surface area contributed by atoms with Gasteiger partial charge in [0, 0.05) is 18.2 Å². The van der Waals surface area contributed by atoms with Crippen molar-refractivity contribution in [1.29, 1.82) is 0 Å². The summed E-state index contributed by atoms with van der Waals surface area (Å²) in [5.41, 5.74) is 0. The topological polar surface area (TPSA) is 86.7 Å². The van der Waals surface area contributed by atoms with Crippen molar-refractivity contribution in [2.45, 2.75) is 56.0 Å². The average Bonchev–Trinajstić information content (AvgIpc) is 3.07. The maximum absolute atomic E-state index is 12.4. The smallest absolute Gasteiger partial charge is 0.306 e. The Balaban J connectivity index is 1.62. The summed E-state index contributed by atoms with van der Waals surface area (Å²) in [7, 11) is 0. The van der Waals surface area contributed by atoms with Gasteiger partial charge in [0.2, 0.25) is 11.8 Å². The lowest BCUT2D eigenvalue weighted by Crippen LogP contribution is -2.51. The Hall–Kier alpha value is -1.24. The molecule has 0 bridgehead atoms. The van der Waals surface area contributed by atoms with Crippen LogP contribution in [0.4, 0.5) is 0 Å². The van der Waals surface area contributed by atoms with E-state index in [2.05, 4.69) is 5.32 Å². The van der Waals surface area contributed by atoms with Gasteiger partial charge in [-0.3, -0.25) is 14.4 Å². The van der Waals surface area contributed by atoms with E-state index in [-0.39, 0.29) is 28.6 Å². The van der Waals surface area contributed by atoms with Crippen LogP contribution in [0, 0.1) is 5.92 Å². The van der Waals surface area contributed by atoms with Gasteiger partial charge in [-0.1, -0.05) is 0 Å². The van der Waals surface area contributed by atoms with E-state index in [0.29, 0.717) is 31.4 Å². The fourth-order valence-corrected chi connectivity index (χ4v) is 5.08. The zero-order chi connectivity index (χ0) is 15.2. The first-order valence-corrected chi connectivity index (χ1v) is 8.38. The Labute approximate surface area is 127 Å². The Kier molecular flexibility index (Phi) is 3.63. The lowest BCUT2D eigenvalue weighted by Gasteiger charge is -2.30. The molecule has 1 saturated carbocycles. The predicted molar refractivity (Wildman–Crippen MR) is 77.6 cm³/mol. The Morgan fingerprint density at radius 1 is 1.43 bits per heavy atom. The fourth-order valence-electron chi connectivity index (χ4n) is 3.65. The molecule has 2 amide bonds. The molecule has 4 unspecified atom stereocenters. The summed E-state index contributed by atoms with van der Waals surface area (Å²) in [6, 6.07) is -0.480. The second kappa shape index (κ2) is 5.19. The lowest BCUT2D eigenvalue weighted by atomic mass is 10.1. The van der Waals surface area contributed by atoms with Gasteiger partial charge < -0.3 is 15.3 Å². The predicted octanol–water partition coefficient (Wildman–Crippen LogP) is 0.810. The van der Waals surface area contributed by atoms with E-state index >= 15 is 0 Å². The first kappa shape index (κ1) is 14.7. The number of amides is 2. The van der Waals surface area contributed by atoms with Gasteiger partial charge in [0.1, 0.15) is 6.04 Å². The van der Waals surface area contributed by atoms with Crippen LogP contribution in [-0.4, -0.2) is 50.5 Å². The van der Waals surface area contributed by atoms with Crippen LogP contribution in [0.5, 0.6) is 0 Å². The monoisotopic (exact) mass is 312 g/mol. The molecular weight excluding hydrogens is 292 g/mol. The number of nitrogens with zero attached hydrogens (tertiary/aromatic N) is 1. The Morgan fingerprint density at radius 2 is 2.19 bits per heavy atom. The molecule has 0 spiro atoms. The van der Waals surface area contributed by atoms with Gasteiger partial charge in [0.25, 0.3) is 0 Å². The summed E-state index contributed by atoms with van der Waals surface area (Å²) in [5.74, 6) is -0.587. The third-order valence-electron chi connectivity index (χ3n) is 4.88. The van der Waals surface area contributed by atoms with Gasteiger partial charge in [0.15, 0.2) is 0 Å². The molecule has 1 aliphatic carbocycles. The zero-order valence-electron chi connectivity index (χ0n) is 12.0. The van der Waals surface area contributed by atoms with Gasteiger partial charge in [0.05, 0.1) is 10.8 Å². The third kappa shape index (κ3) is 2.52. The highest BCUT2D eigenvalue weighted by molar-refractivity contribution is 8.01. The number of hydrogen-bond acceptors (Lipinski definition) is 4. The first-order chi connectivity index (χ1) is 9.90. The van der Waals surface area contributed by atoms with Gasteiger partial charge in [-0.15, -0.1) is 11.8 Å². The molecule has 116 valence electrons. The summed E-state index contributed by atoms with van der Waals surface area (Å²) >= 11 is 1.67. The zero-order valence-corrected chi connectivity index (χ0v) is 12.8. The van der Waals surface area contributed by atoms with E-state index in [4.69, 9.17) is 5.11 Å². The quantitative estimate of drug-likeness (QED) is 0.805. The van der Waals surface area contributed by atoms with Gasteiger partial charge >= 0.3 is 5.97 Å². The number of hydrogen-bond donors (Lipinski definition) is 2. The van der Waals surface area contributed by atoms with Crippen molar-refractivity contribution in [3.63, 3.8) is 0 Å². The number of aliphatic carboxylic acids is 1. The van der Waals surface area contributed by atoms with E-state index in [0.717, 1.165) is 6.42 Å². The molecule has 3 rings (SSSR count). The van der Waals surface area contributed by atoms with Gasteiger partial charge in [-0.2, -0.15) is 0 Å². The summed E-state index contributed by atoms with van der Waals surface area (Å²) < 4.78 is 0. The second-order valence-corrected chi connectivity index (χ2v) is 7.82. The van der Waals surface area contributed by atoms with Gasteiger partial charge in [-0.05, 0) is 32.6 Å². The molecule has 4 atom stereocenters. The molecule has 2 aliphatic heterocycles. The molecule has 0 aromatic carbocycles. The molecule has 2 heterocycles. The number of nitrogens with one attached hydrogen (secondary N) is 1. The molecule has 0 aromatic rings. The summed E-state index contributed by atoms with van der Waals surface area (Å²) in [6.45, 7) is 2.02. The van der Waals surface area contributed by atoms with E-state index < -0.39 is 12.0 Å². The van der Waals surface area contributed by atoms with Crippen molar-refractivity contribution in [3.8, 4) is 0 Å². The normalized spacial score (nSPS) is 38.6. The number of thioether (sulfide) groups is 1. The minimum atomic E-state index is -0.787. The molecule has 3 fully saturated rings. The van der Waals surface area contributed by atoms with Crippen LogP contribution in [0.15, 0.2) is 0 Å². The van der Waals surface area contributed by atoms with Crippen molar-refractivity contribution >= 4 is 29.5 Å². The van der Waals surface area contributed by atoms with Crippen molar-refractivity contribution in [2.24, 2.45) is 5.92 Å². The first-order valence-electron chi connectivity index (χ1n) is 7.40. The Morgan fingerprint density at radius 3 is 2.86 bits per heavy atom. The number of carboxylic acid groups (broad SMARTS) is 1. The molecule has 0 aromatic heterocycles. The van der Waals surface area contributed by atoms with E-state index in [9.17, 15) is 14.4 Å². The third-order valence-corrected chi connectivity index (χ3v) is 6.38. The molecule has 6 nitrogen and oxygen atoms in total. The number of fused-ring (bicyclic) bond motifs is 1. The van der Waals surface area contributed by atoms with Crippen LogP contribution in [0.3, 0.4) is 0 Å². The minimum Gasteiger partial charge on any atom is -0.481 e. The minimum absolute atomic E-state index is 0.0532. The molecule has 2 saturated heterocycles. The maximum atomic E-state index is 12.4. The highest BCUT2D eigenvalue weighted by atomic mass is 32.2. The van der Waals surface area contributed by atoms with Crippen molar-refractivity contribution < 1.29 is 19.5 Å². The van der Waals surface area contributed by atoms with Crippen LogP contribution >= 0.6 is 11.8 Å². The largest absolute Gasteiger partial charge is 0.481 e. The summed E-state index contributed by atoms with van der Waals surface area (Å²) in [6.07, 6.45) is 3.11. The van der Waals surface area contributed by atoms with E-state index in [1.165, 1.54) is 0 Å². The molecular formula is C14H20N2O4S. The number of rotatable bonds is 3. The molecule has 0 radical (unpaired) electrons. The second-order valence-electron chi connectivity index (χ2n) is 6.32. The number of carboxylic acids is 1. The standard InChI is InChI=1S/C14H20N2O4S/c1-14-5-4-11(17)16(14)10(7-21-14)12(18)15-9-3-2-8(6-9)13(19)20/h8-10H,2-7H2,1H3,(H,15,18)(H,19,20). The van der Waals surface area contributed by atoms with E-state index in [1.807, 2.05) is 6.92 Å². The van der Waals surface area contributed by atoms with E-state index in [1.54, 1.807) is 16.7 Å². The molecule has 21 heavy (non-hydrogen) atoms. The van der Waals surface area contributed by atoms with Crippen LogP contribution in [0.2, 0.25) is 0 Å². The van der Waals surface area contributed by atoms with Crippen LogP contribution in [0.25, 0.3) is 0 Å². The number of carbonyl (C=O) groups is 3.